The lowest BCUT2D eigenvalue weighted by Gasteiger charge is -2.42. The Balaban J connectivity index is 1.10. The lowest BCUT2D eigenvalue weighted by atomic mass is 9.75. The van der Waals surface area contributed by atoms with Gasteiger partial charge in [0.15, 0.2) is 42.7 Å². The average molecular weight is 1410 g/mol. The van der Waals surface area contributed by atoms with Crippen LogP contribution in [0.15, 0.2) is 145 Å². The number of ketones is 1. The van der Waals surface area contributed by atoms with Gasteiger partial charge in [-0.1, -0.05) is 151 Å². The second-order valence-electron chi connectivity index (χ2n) is 26.9. The van der Waals surface area contributed by atoms with Gasteiger partial charge < -0.3 is 42.3 Å². The quantitative estimate of drug-likeness (QED) is 0.0136. The molecular formula is C70H88N14O10P2SSi. The lowest BCUT2D eigenvalue weighted by Crippen LogP contribution is -2.55. The Labute approximate surface area is 579 Å². The molecule has 3 unspecified atom stereocenters. The fourth-order valence-corrected chi connectivity index (χ4v) is 17.5. The van der Waals surface area contributed by atoms with Crippen molar-refractivity contribution in [3.63, 3.8) is 0 Å². The zero-order valence-electron chi connectivity index (χ0n) is 57.4. The maximum absolute atomic E-state index is 13.9. The molecule has 8 aromatic rings. The molecule has 0 aliphatic carbocycles. The molecule has 98 heavy (non-hydrogen) atoms. The van der Waals surface area contributed by atoms with Crippen LogP contribution in [-0.4, -0.2) is 133 Å². The summed E-state index contributed by atoms with van der Waals surface area (Å²) < 4.78 is 55.5. The highest BCUT2D eigenvalue weighted by atomic mass is 32.5. The SMILES string of the molecule is CC(C)C(=O)Cc1nc2c(ncn2[C@@H]2O[C@H](COP(=S)(N[C@H]3[C@@H](O[Si](C)(C)C(C)(C)C)[C@H](n4cnc5c(NC(=O)c6ccccc6)ncnc54)O[C@@H]3COP(OCCC#N)N(C(C)C)C(C)C)OCCC#N)C(NC(c3ccccc3)(c3ccccc3)c3ccccc3)[C@H]2C)c(=O)[nH]1. The van der Waals surface area contributed by atoms with Gasteiger partial charge in [-0.2, -0.15) is 10.5 Å². The summed E-state index contributed by atoms with van der Waals surface area (Å²) in [5.74, 6) is -0.873. The van der Waals surface area contributed by atoms with Crippen LogP contribution in [0.3, 0.4) is 0 Å². The number of nitriles is 2. The minimum Gasteiger partial charge on any atom is -0.408 e. The zero-order chi connectivity index (χ0) is 70.1. The largest absolute Gasteiger partial charge is 0.408 e. The van der Waals surface area contributed by atoms with Crippen molar-refractivity contribution in [1.82, 2.24) is 54.1 Å². The van der Waals surface area contributed by atoms with E-state index in [2.05, 4.69) is 152 Å². The predicted molar refractivity (Wildman–Crippen MR) is 381 cm³/mol. The minimum absolute atomic E-state index is 0.0354. The molecule has 0 spiro atoms. The number of Topliss-reactive ketones (excluding diaryl/α,β-unsaturated/α-hetero) is 1. The molecule has 0 radical (unpaired) electrons. The van der Waals surface area contributed by atoms with Gasteiger partial charge >= 0.3 is 0 Å². The molecule has 2 saturated heterocycles. The van der Waals surface area contributed by atoms with Gasteiger partial charge in [0.25, 0.3) is 26.6 Å². The summed E-state index contributed by atoms with van der Waals surface area (Å²) in [7, 11) is -4.68. The number of benzene rings is 4. The van der Waals surface area contributed by atoms with Crippen molar-refractivity contribution in [3.8, 4) is 12.1 Å². The van der Waals surface area contributed by atoms with E-state index in [4.69, 9.17) is 58.8 Å². The number of nitrogens with zero attached hydrogens (tertiary/aromatic N) is 10. The summed E-state index contributed by atoms with van der Waals surface area (Å²) in [5.41, 5.74) is 2.62. The molecule has 10 atom stereocenters. The number of imidazole rings is 2. The van der Waals surface area contributed by atoms with Gasteiger partial charge in [-0.05, 0) is 86.5 Å². The Hall–Kier alpha value is -7.20. The van der Waals surface area contributed by atoms with Crippen molar-refractivity contribution in [3.05, 3.63) is 179 Å². The molecule has 4 aromatic heterocycles. The van der Waals surface area contributed by atoms with Crippen LogP contribution in [0, 0.1) is 34.5 Å². The number of aromatic amines is 1. The number of carbonyl (C=O) groups is 2. The number of carbonyl (C=O) groups excluding carboxylic acids is 2. The molecule has 4 N–H and O–H groups in total. The number of ether oxygens (including phenoxy) is 2. The van der Waals surface area contributed by atoms with Crippen molar-refractivity contribution in [2.24, 2.45) is 11.8 Å². The summed E-state index contributed by atoms with van der Waals surface area (Å²) in [5, 5.41) is 30.3. The van der Waals surface area contributed by atoms with Crippen molar-refractivity contribution in [1.29, 1.82) is 10.5 Å². The third kappa shape index (κ3) is 16.3. The molecule has 24 nitrogen and oxygen atoms in total. The van der Waals surface area contributed by atoms with Gasteiger partial charge in [-0.15, -0.1) is 0 Å². The molecule has 1 amide bonds. The van der Waals surface area contributed by atoms with Gasteiger partial charge in [0, 0.05) is 35.5 Å². The number of hydrogen-bond acceptors (Lipinski definition) is 20. The number of H-pyrrole nitrogens is 1. The van der Waals surface area contributed by atoms with Crippen molar-refractivity contribution in [2.45, 2.75) is 167 Å². The highest BCUT2D eigenvalue weighted by Crippen LogP contribution is 2.53. The molecule has 2 fully saturated rings. The Bertz CT molecular complexity index is 4110. The first-order chi connectivity index (χ1) is 46.9. The standard InChI is InChI=1S/C70H88N14O10P2SSi/c1-45(2)53(85)39-56-77-64-60(66(87)78-56)76-44-83(64)67-48(7)57(80-70(50-29-19-14-20-30-50,51-31-21-15-22-32-51)52-33-23-16-24-34-52)55(92-67)41-91-96(97,90-38-26-36-72)81-58-54(40-89-95(88-37-25-35-71)84(46(3)4)47(5)6)93-68(61(58)94-98(11,12)69(8,9)10)82-43-75-59-62(73-42-74-63(59)82)79-65(86)49-27-17-13-18-28-49/h13-24,27-34,42-48,54-55,57-58,61,67-68,80H,25-26,37-41H2,1-12H3,(H,81,97)(H,77,78,87)(H,73,74,79,86)/t48-,54-,55-,57?,58-,61-,67-,68-,95?,96?/m1/s1. The lowest BCUT2D eigenvalue weighted by molar-refractivity contribution is -0.121. The minimum atomic E-state index is -3.94. The van der Waals surface area contributed by atoms with Crippen LogP contribution in [0.5, 0.6) is 0 Å². The second-order valence-corrected chi connectivity index (χ2v) is 36.3. The first kappa shape index (κ1) is 73.5. The molecule has 28 heteroatoms. The van der Waals surface area contributed by atoms with Crippen molar-refractivity contribution in [2.75, 3.05) is 31.7 Å². The highest BCUT2D eigenvalue weighted by molar-refractivity contribution is 8.09. The molecular weight excluding hydrogens is 1320 g/mol. The zero-order valence-corrected chi connectivity index (χ0v) is 61.0. The number of nitrogens with one attached hydrogen (secondary N) is 4. The number of aromatic nitrogens is 8. The second kappa shape index (κ2) is 32.0. The summed E-state index contributed by atoms with van der Waals surface area (Å²) >= 11 is 6.80. The van der Waals surface area contributed by atoms with Crippen LogP contribution in [-0.2, 0) is 60.6 Å². The van der Waals surface area contributed by atoms with Crippen molar-refractivity contribution < 1.29 is 41.6 Å². The van der Waals surface area contributed by atoms with Gasteiger partial charge in [0.1, 0.15) is 36.4 Å². The predicted octanol–water partition coefficient (Wildman–Crippen LogP) is 12.2. The molecule has 2 aliphatic heterocycles. The Morgan fingerprint density at radius 1 is 0.735 bits per heavy atom. The van der Waals surface area contributed by atoms with E-state index in [1.54, 1.807) is 59.9 Å². The van der Waals surface area contributed by atoms with Crippen LogP contribution in [0.4, 0.5) is 5.82 Å². The first-order valence-corrected chi connectivity index (χ1v) is 39.8. The molecule has 6 heterocycles. The number of amides is 1. The summed E-state index contributed by atoms with van der Waals surface area (Å²) in [4.78, 5) is 67.1. The molecule has 0 saturated carbocycles. The molecule has 10 rings (SSSR count). The van der Waals surface area contributed by atoms with Gasteiger partial charge in [-0.25, -0.2) is 34.7 Å². The van der Waals surface area contributed by atoms with Crippen LogP contribution in [0.1, 0.15) is 127 Å². The molecule has 0 bridgehead atoms. The van der Waals surface area contributed by atoms with Crippen LogP contribution < -0.4 is 21.3 Å². The average Bonchev–Trinajstić information content (AvgIpc) is 1.47. The summed E-state index contributed by atoms with van der Waals surface area (Å²) in [6.45, 7) is 20.3. The third-order valence-corrected chi connectivity index (χ3v) is 27.3. The van der Waals surface area contributed by atoms with Crippen molar-refractivity contribution >= 4 is 75.1 Å². The fourth-order valence-electron chi connectivity index (χ4n) is 12.2. The van der Waals surface area contributed by atoms with E-state index in [9.17, 15) is 24.9 Å². The van der Waals surface area contributed by atoms with Gasteiger partial charge in [0.2, 0.25) is 0 Å². The first-order valence-electron chi connectivity index (χ1n) is 33.1. The van der Waals surface area contributed by atoms with Gasteiger partial charge in [0.05, 0.1) is 88.2 Å². The smallest absolute Gasteiger partial charge is 0.279 e. The number of hydrogen-bond donors (Lipinski definition) is 4. The maximum atomic E-state index is 13.9. The van der Waals surface area contributed by atoms with E-state index in [0.29, 0.717) is 16.7 Å². The van der Waals surface area contributed by atoms with E-state index in [1.165, 1.54) is 6.33 Å². The maximum Gasteiger partial charge on any atom is 0.279 e. The molecule has 4 aromatic carbocycles. The summed E-state index contributed by atoms with van der Waals surface area (Å²) in [6.07, 6.45) is -0.131. The Morgan fingerprint density at radius 3 is 1.86 bits per heavy atom. The Morgan fingerprint density at radius 2 is 1.29 bits per heavy atom. The van der Waals surface area contributed by atoms with Crippen LogP contribution in [0.25, 0.3) is 22.3 Å². The molecule has 518 valence electrons. The fraction of sp³-hybridized carbons (Fsp3) is 0.457. The van der Waals surface area contributed by atoms with Crippen LogP contribution >= 0.6 is 15.2 Å². The topological polar surface area (TPSA) is 293 Å². The summed E-state index contributed by atoms with van der Waals surface area (Å²) in [6, 6.07) is 42.1. The monoisotopic (exact) mass is 1410 g/mol. The highest BCUT2D eigenvalue weighted by Gasteiger charge is 2.55. The number of anilines is 1. The number of fused-ring (bicyclic) bond motifs is 2. The molecule has 2 aliphatic rings. The Kier molecular flexibility index (Phi) is 24.0. The number of rotatable bonds is 31. The van der Waals surface area contributed by atoms with E-state index in [-0.39, 0.29) is 97.3 Å². The van der Waals surface area contributed by atoms with E-state index in [0.717, 1.165) is 16.7 Å². The van der Waals surface area contributed by atoms with E-state index < -0.39 is 89.3 Å². The normalized spacial score (nSPS) is 20.9. The van der Waals surface area contributed by atoms with Gasteiger partial charge in [-0.3, -0.25) is 28.8 Å². The third-order valence-electron chi connectivity index (χ3n) is 18.2. The van der Waals surface area contributed by atoms with Crippen LogP contribution in [0.2, 0.25) is 18.1 Å². The van der Waals surface area contributed by atoms with E-state index >= 15 is 0 Å². The van der Waals surface area contributed by atoms with E-state index in [1.807, 2.05) is 60.7 Å².